The minimum Gasteiger partial charge on any atom is -0.486 e. The minimum atomic E-state index is -0.0756. The molecule has 0 aliphatic carbocycles. The number of carbonyl (C=O) groups excluding carboxylic acids is 1. The second-order valence-electron chi connectivity index (χ2n) is 5.20. The molecule has 116 valence electrons. The Morgan fingerprint density at radius 3 is 2.86 bits per heavy atom. The van der Waals surface area contributed by atoms with Gasteiger partial charge in [0.25, 0.3) is 5.91 Å². The Kier molecular flexibility index (Phi) is 4.29. The zero-order chi connectivity index (χ0) is 15.5. The summed E-state index contributed by atoms with van der Waals surface area (Å²) in [5.74, 6) is 1.36. The summed E-state index contributed by atoms with van der Waals surface area (Å²) >= 11 is 5.23. The van der Waals surface area contributed by atoms with Crippen molar-refractivity contribution >= 4 is 29.3 Å². The Morgan fingerprint density at radius 1 is 1.32 bits per heavy atom. The largest absolute Gasteiger partial charge is 0.486 e. The molecule has 1 N–H and O–H groups in total. The molecular formula is C16H18N2O3S. The molecular weight excluding hydrogens is 300 g/mol. The van der Waals surface area contributed by atoms with E-state index in [2.05, 4.69) is 12.2 Å². The van der Waals surface area contributed by atoms with E-state index in [9.17, 15) is 4.79 Å². The first kappa shape index (κ1) is 14.8. The van der Waals surface area contributed by atoms with Gasteiger partial charge in [0, 0.05) is 6.54 Å². The van der Waals surface area contributed by atoms with E-state index in [4.69, 9.17) is 21.7 Å². The fraction of sp³-hybridized carbons (Fsp3) is 0.375. The van der Waals surface area contributed by atoms with E-state index in [1.807, 2.05) is 18.2 Å². The van der Waals surface area contributed by atoms with Crippen LogP contribution in [0, 0.1) is 0 Å². The molecule has 5 nitrogen and oxygen atoms in total. The normalized spacial score (nSPS) is 18.8. The predicted molar refractivity (Wildman–Crippen MR) is 87.8 cm³/mol. The molecule has 0 spiro atoms. The summed E-state index contributed by atoms with van der Waals surface area (Å²) in [6.07, 6.45) is 3.75. The van der Waals surface area contributed by atoms with Gasteiger partial charge >= 0.3 is 0 Å². The van der Waals surface area contributed by atoms with Crippen molar-refractivity contribution < 1.29 is 14.3 Å². The second kappa shape index (κ2) is 6.36. The van der Waals surface area contributed by atoms with E-state index in [1.54, 1.807) is 11.0 Å². The van der Waals surface area contributed by atoms with Crippen molar-refractivity contribution in [1.29, 1.82) is 0 Å². The van der Waals surface area contributed by atoms with Crippen molar-refractivity contribution in [3.63, 3.8) is 0 Å². The smallest absolute Gasteiger partial charge is 0.276 e. The summed E-state index contributed by atoms with van der Waals surface area (Å²) < 4.78 is 11.0. The van der Waals surface area contributed by atoms with E-state index in [0.29, 0.717) is 36.3 Å². The van der Waals surface area contributed by atoms with Crippen LogP contribution in [-0.2, 0) is 4.79 Å². The predicted octanol–water partition coefficient (Wildman–Crippen LogP) is 2.32. The Bertz CT molecular complexity index is 642. The van der Waals surface area contributed by atoms with Crippen LogP contribution in [0.3, 0.4) is 0 Å². The van der Waals surface area contributed by atoms with Crippen LogP contribution in [0.5, 0.6) is 11.5 Å². The third kappa shape index (κ3) is 2.92. The number of amides is 1. The SMILES string of the molecule is CCCCN1C(=O)/C(=C\c2ccc3c(c2)OCCO3)NC1=S. The first-order valence-corrected chi connectivity index (χ1v) is 7.84. The van der Waals surface area contributed by atoms with E-state index < -0.39 is 0 Å². The number of nitrogens with one attached hydrogen (secondary N) is 1. The van der Waals surface area contributed by atoms with Gasteiger partial charge in [0.15, 0.2) is 16.6 Å². The van der Waals surface area contributed by atoms with Crippen molar-refractivity contribution in [3.8, 4) is 11.5 Å². The third-order valence-electron chi connectivity index (χ3n) is 3.57. The number of rotatable bonds is 4. The Morgan fingerprint density at radius 2 is 2.09 bits per heavy atom. The van der Waals surface area contributed by atoms with Gasteiger partial charge in [-0.3, -0.25) is 9.69 Å². The third-order valence-corrected chi connectivity index (χ3v) is 3.90. The molecule has 0 atom stereocenters. The van der Waals surface area contributed by atoms with E-state index in [1.165, 1.54) is 0 Å². The second-order valence-corrected chi connectivity index (χ2v) is 5.59. The summed E-state index contributed by atoms with van der Waals surface area (Å²) in [5, 5.41) is 3.46. The minimum absolute atomic E-state index is 0.0756. The molecule has 2 heterocycles. The maximum absolute atomic E-state index is 12.4. The first-order valence-electron chi connectivity index (χ1n) is 7.43. The van der Waals surface area contributed by atoms with Gasteiger partial charge in [0.05, 0.1) is 0 Å². The van der Waals surface area contributed by atoms with Crippen molar-refractivity contribution in [2.45, 2.75) is 19.8 Å². The van der Waals surface area contributed by atoms with Crippen LogP contribution >= 0.6 is 12.2 Å². The van der Waals surface area contributed by atoms with Crippen LogP contribution in [0.4, 0.5) is 0 Å². The number of hydrogen-bond acceptors (Lipinski definition) is 4. The molecule has 1 aromatic rings. The van der Waals surface area contributed by atoms with Gasteiger partial charge < -0.3 is 14.8 Å². The van der Waals surface area contributed by atoms with Crippen molar-refractivity contribution in [2.75, 3.05) is 19.8 Å². The lowest BCUT2D eigenvalue weighted by atomic mass is 10.1. The molecule has 1 saturated heterocycles. The topological polar surface area (TPSA) is 50.8 Å². The van der Waals surface area contributed by atoms with Gasteiger partial charge in [-0.05, 0) is 42.4 Å². The average molecular weight is 318 g/mol. The average Bonchev–Trinajstić information content (AvgIpc) is 2.79. The molecule has 2 aliphatic rings. The van der Waals surface area contributed by atoms with Gasteiger partial charge in [-0.2, -0.15) is 0 Å². The Labute approximate surface area is 134 Å². The Balaban J connectivity index is 1.80. The number of unbranched alkanes of at least 4 members (excludes halogenated alkanes) is 1. The van der Waals surface area contributed by atoms with Crippen LogP contribution in [0.15, 0.2) is 23.9 Å². The van der Waals surface area contributed by atoms with Gasteiger partial charge in [-0.1, -0.05) is 19.4 Å². The lowest BCUT2D eigenvalue weighted by Crippen LogP contribution is -2.31. The number of carbonyl (C=O) groups is 1. The van der Waals surface area contributed by atoms with Crippen LogP contribution in [0.1, 0.15) is 25.3 Å². The fourth-order valence-electron chi connectivity index (χ4n) is 2.41. The quantitative estimate of drug-likeness (QED) is 0.682. The molecule has 0 aromatic heterocycles. The standard InChI is InChI=1S/C16H18N2O3S/c1-2-3-6-18-15(19)12(17-16(18)22)9-11-4-5-13-14(10-11)21-8-7-20-13/h4-5,9-10H,2-3,6-8H2,1H3,(H,17,22)/b12-9+. The summed E-state index contributed by atoms with van der Waals surface area (Å²) in [4.78, 5) is 14.0. The maximum Gasteiger partial charge on any atom is 0.276 e. The zero-order valence-corrected chi connectivity index (χ0v) is 13.2. The van der Waals surface area contributed by atoms with Gasteiger partial charge in [-0.15, -0.1) is 0 Å². The highest BCUT2D eigenvalue weighted by molar-refractivity contribution is 7.80. The van der Waals surface area contributed by atoms with Crippen LogP contribution in [0.2, 0.25) is 0 Å². The summed E-state index contributed by atoms with van der Waals surface area (Å²) in [6, 6.07) is 5.62. The lowest BCUT2D eigenvalue weighted by molar-refractivity contribution is -0.122. The highest BCUT2D eigenvalue weighted by Gasteiger charge is 2.29. The molecule has 1 amide bonds. The molecule has 1 fully saturated rings. The zero-order valence-electron chi connectivity index (χ0n) is 12.4. The molecule has 0 unspecified atom stereocenters. The van der Waals surface area contributed by atoms with E-state index in [0.717, 1.165) is 24.2 Å². The number of hydrogen-bond donors (Lipinski definition) is 1. The molecule has 3 rings (SSSR count). The molecule has 1 aromatic carbocycles. The lowest BCUT2D eigenvalue weighted by Gasteiger charge is -2.18. The molecule has 22 heavy (non-hydrogen) atoms. The van der Waals surface area contributed by atoms with Crippen LogP contribution in [-0.4, -0.2) is 35.7 Å². The summed E-state index contributed by atoms with van der Waals surface area (Å²) in [6.45, 7) is 3.84. The van der Waals surface area contributed by atoms with E-state index >= 15 is 0 Å². The molecule has 2 aliphatic heterocycles. The first-order chi connectivity index (χ1) is 10.7. The molecule has 0 bridgehead atoms. The van der Waals surface area contributed by atoms with E-state index in [-0.39, 0.29) is 5.91 Å². The number of ether oxygens (including phenoxy) is 2. The maximum atomic E-state index is 12.4. The number of thiocarbonyl (C=S) groups is 1. The highest BCUT2D eigenvalue weighted by atomic mass is 32.1. The van der Waals surface area contributed by atoms with Crippen LogP contribution < -0.4 is 14.8 Å². The monoisotopic (exact) mass is 318 g/mol. The van der Waals surface area contributed by atoms with Crippen molar-refractivity contribution in [2.24, 2.45) is 0 Å². The molecule has 0 radical (unpaired) electrons. The van der Waals surface area contributed by atoms with Crippen LogP contribution in [0.25, 0.3) is 6.08 Å². The number of nitrogens with zero attached hydrogens (tertiary/aromatic N) is 1. The van der Waals surface area contributed by atoms with Crippen molar-refractivity contribution in [1.82, 2.24) is 10.2 Å². The summed E-state index contributed by atoms with van der Waals surface area (Å²) in [7, 11) is 0. The fourth-order valence-corrected chi connectivity index (χ4v) is 2.69. The number of fused-ring (bicyclic) bond motifs is 1. The number of benzene rings is 1. The highest BCUT2D eigenvalue weighted by Crippen LogP contribution is 2.31. The summed E-state index contributed by atoms with van der Waals surface area (Å²) in [5.41, 5.74) is 1.37. The van der Waals surface area contributed by atoms with Crippen molar-refractivity contribution in [3.05, 3.63) is 29.5 Å². The Hall–Kier alpha value is -2.08. The van der Waals surface area contributed by atoms with Gasteiger partial charge in [-0.25, -0.2) is 0 Å². The van der Waals surface area contributed by atoms with Gasteiger partial charge in [0.1, 0.15) is 18.9 Å². The molecule has 0 saturated carbocycles. The molecule has 6 heteroatoms. The van der Waals surface area contributed by atoms with Gasteiger partial charge in [0.2, 0.25) is 0 Å².